The number of anilines is 2. The number of hydrogen-bond acceptors (Lipinski definition) is 3. The Hall–Kier alpha value is -2.25. The molecule has 2 rings (SSSR count). The standard InChI is InChI=1S/C16H20F3N3O2/c1-21(2)13-7-5-12(6-8-13)20-14(23)11-4-3-9-22(10-11)15(24)16(17,18)19/h5-8,11H,3-4,9-10H2,1-2H3,(H,20,23). The molecule has 1 aromatic rings. The highest BCUT2D eigenvalue weighted by atomic mass is 19.4. The zero-order chi connectivity index (χ0) is 17.9. The van der Waals surface area contributed by atoms with Crippen LogP contribution in [0, 0.1) is 5.92 Å². The number of nitrogens with zero attached hydrogens (tertiary/aromatic N) is 2. The summed E-state index contributed by atoms with van der Waals surface area (Å²) in [6, 6.07) is 7.12. The second-order valence-corrected chi connectivity index (χ2v) is 6.02. The molecule has 2 amide bonds. The molecule has 0 aromatic heterocycles. The van der Waals surface area contributed by atoms with Gasteiger partial charge in [-0.15, -0.1) is 0 Å². The number of carbonyl (C=O) groups is 2. The van der Waals surface area contributed by atoms with Crippen LogP contribution in [0.5, 0.6) is 0 Å². The van der Waals surface area contributed by atoms with E-state index in [1.54, 1.807) is 12.1 Å². The monoisotopic (exact) mass is 343 g/mol. The molecule has 1 saturated heterocycles. The van der Waals surface area contributed by atoms with Crippen molar-refractivity contribution in [2.75, 3.05) is 37.4 Å². The van der Waals surface area contributed by atoms with Gasteiger partial charge in [0.2, 0.25) is 5.91 Å². The first-order valence-electron chi connectivity index (χ1n) is 7.63. The summed E-state index contributed by atoms with van der Waals surface area (Å²) >= 11 is 0. The van der Waals surface area contributed by atoms with E-state index in [2.05, 4.69) is 5.32 Å². The van der Waals surface area contributed by atoms with Gasteiger partial charge in [-0.1, -0.05) is 0 Å². The third-order valence-electron chi connectivity index (χ3n) is 3.97. The van der Waals surface area contributed by atoms with E-state index in [4.69, 9.17) is 0 Å². The normalized spacial score (nSPS) is 18.2. The summed E-state index contributed by atoms with van der Waals surface area (Å²) in [6.45, 7) is -0.181. The molecule has 24 heavy (non-hydrogen) atoms. The van der Waals surface area contributed by atoms with E-state index >= 15 is 0 Å². The first kappa shape index (κ1) is 18.1. The van der Waals surface area contributed by atoms with Crippen LogP contribution in [0.25, 0.3) is 0 Å². The maximum atomic E-state index is 12.5. The number of rotatable bonds is 3. The summed E-state index contributed by atoms with van der Waals surface area (Å²) in [5, 5.41) is 2.70. The van der Waals surface area contributed by atoms with Gasteiger partial charge in [0, 0.05) is 38.6 Å². The Kier molecular flexibility index (Phi) is 5.36. The fourth-order valence-electron chi connectivity index (χ4n) is 2.64. The van der Waals surface area contributed by atoms with Crippen molar-refractivity contribution in [3.8, 4) is 0 Å². The van der Waals surface area contributed by atoms with E-state index in [-0.39, 0.29) is 19.0 Å². The first-order chi connectivity index (χ1) is 11.2. The van der Waals surface area contributed by atoms with E-state index < -0.39 is 18.0 Å². The Balaban J connectivity index is 1.98. The number of likely N-dealkylation sites (tertiary alicyclic amines) is 1. The molecule has 0 radical (unpaired) electrons. The third kappa shape index (κ3) is 4.39. The van der Waals surface area contributed by atoms with Crippen molar-refractivity contribution in [1.29, 1.82) is 0 Å². The molecule has 1 aliphatic heterocycles. The molecular weight excluding hydrogens is 323 g/mol. The second kappa shape index (κ2) is 7.11. The lowest BCUT2D eigenvalue weighted by molar-refractivity contribution is -0.187. The Morgan fingerprint density at radius 1 is 1.21 bits per heavy atom. The van der Waals surface area contributed by atoms with Crippen molar-refractivity contribution in [2.45, 2.75) is 19.0 Å². The summed E-state index contributed by atoms with van der Waals surface area (Å²) in [5.74, 6) is -2.89. The van der Waals surface area contributed by atoms with Crippen LogP contribution in [0.4, 0.5) is 24.5 Å². The number of hydrogen-bond donors (Lipinski definition) is 1. The van der Waals surface area contributed by atoms with Crippen LogP contribution in [0.1, 0.15) is 12.8 Å². The van der Waals surface area contributed by atoms with Crippen LogP contribution in [-0.4, -0.2) is 50.1 Å². The molecule has 1 aromatic carbocycles. The quantitative estimate of drug-likeness (QED) is 0.917. The van der Waals surface area contributed by atoms with Crippen molar-refractivity contribution in [1.82, 2.24) is 4.90 Å². The van der Waals surface area contributed by atoms with Gasteiger partial charge in [0.1, 0.15) is 0 Å². The number of amides is 2. The van der Waals surface area contributed by atoms with Crippen molar-refractivity contribution in [3.63, 3.8) is 0 Å². The second-order valence-electron chi connectivity index (χ2n) is 6.02. The Morgan fingerprint density at radius 3 is 2.38 bits per heavy atom. The maximum Gasteiger partial charge on any atom is 0.471 e. The van der Waals surface area contributed by atoms with E-state index in [0.717, 1.165) is 5.69 Å². The van der Waals surface area contributed by atoms with Crippen LogP contribution >= 0.6 is 0 Å². The van der Waals surface area contributed by atoms with Crippen molar-refractivity contribution < 1.29 is 22.8 Å². The molecule has 1 atom stereocenters. The molecular formula is C16H20F3N3O2. The number of halogens is 3. The summed E-state index contributed by atoms with van der Waals surface area (Å²) in [5.41, 5.74) is 1.54. The number of alkyl halides is 3. The molecule has 1 fully saturated rings. The highest BCUT2D eigenvalue weighted by Gasteiger charge is 2.44. The predicted octanol–water partition coefficient (Wildman–Crippen LogP) is 2.49. The van der Waals surface area contributed by atoms with Gasteiger partial charge in [0.25, 0.3) is 0 Å². The van der Waals surface area contributed by atoms with Gasteiger partial charge in [-0.25, -0.2) is 0 Å². The first-order valence-corrected chi connectivity index (χ1v) is 7.63. The third-order valence-corrected chi connectivity index (χ3v) is 3.97. The lowest BCUT2D eigenvalue weighted by Crippen LogP contribution is -2.48. The minimum Gasteiger partial charge on any atom is -0.378 e. The molecule has 1 heterocycles. The molecule has 132 valence electrons. The van der Waals surface area contributed by atoms with Crippen LogP contribution < -0.4 is 10.2 Å². The summed E-state index contributed by atoms with van der Waals surface area (Å²) < 4.78 is 37.5. The van der Waals surface area contributed by atoms with Crippen LogP contribution in [0.15, 0.2) is 24.3 Å². The molecule has 1 N–H and O–H groups in total. The highest BCUT2D eigenvalue weighted by Crippen LogP contribution is 2.25. The van der Waals surface area contributed by atoms with Gasteiger partial charge in [0.15, 0.2) is 0 Å². The number of piperidine rings is 1. The van der Waals surface area contributed by atoms with Gasteiger partial charge in [-0.05, 0) is 37.1 Å². The van der Waals surface area contributed by atoms with Gasteiger partial charge >= 0.3 is 12.1 Å². The zero-order valence-electron chi connectivity index (χ0n) is 13.6. The van der Waals surface area contributed by atoms with Gasteiger partial charge < -0.3 is 15.1 Å². The number of benzene rings is 1. The summed E-state index contributed by atoms with van der Waals surface area (Å²) in [6.07, 6.45) is -4.07. The fraction of sp³-hybridized carbons (Fsp3) is 0.500. The smallest absolute Gasteiger partial charge is 0.378 e. The van der Waals surface area contributed by atoms with Crippen molar-refractivity contribution >= 4 is 23.2 Å². The van der Waals surface area contributed by atoms with Gasteiger partial charge in [-0.3, -0.25) is 9.59 Å². The molecule has 1 aliphatic rings. The van der Waals surface area contributed by atoms with E-state index in [1.807, 2.05) is 31.1 Å². The molecule has 0 spiro atoms. The van der Waals surface area contributed by atoms with Gasteiger partial charge in [-0.2, -0.15) is 13.2 Å². The minimum atomic E-state index is -4.90. The van der Waals surface area contributed by atoms with Crippen molar-refractivity contribution in [3.05, 3.63) is 24.3 Å². The largest absolute Gasteiger partial charge is 0.471 e. The Morgan fingerprint density at radius 2 is 1.83 bits per heavy atom. The van der Waals surface area contributed by atoms with E-state index in [9.17, 15) is 22.8 Å². The van der Waals surface area contributed by atoms with E-state index in [0.29, 0.717) is 23.4 Å². The lowest BCUT2D eigenvalue weighted by atomic mass is 9.97. The average molecular weight is 343 g/mol. The molecule has 0 saturated carbocycles. The maximum absolute atomic E-state index is 12.5. The molecule has 5 nitrogen and oxygen atoms in total. The fourth-order valence-corrected chi connectivity index (χ4v) is 2.64. The molecule has 0 bridgehead atoms. The zero-order valence-corrected chi connectivity index (χ0v) is 13.6. The molecule has 0 aliphatic carbocycles. The number of carbonyl (C=O) groups excluding carboxylic acids is 2. The SMILES string of the molecule is CN(C)c1ccc(NC(=O)C2CCCN(C(=O)C(F)(F)F)C2)cc1. The van der Waals surface area contributed by atoms with Crippen LogP contribution in [0.3, 0.4) is 0 Å². The summed E-state index contributed by atoms with van der Waals surface area (Å²) in [4.78, 5) is 26.2. The lowest BCUT2D eigenvalue weighted by Gasteiger charge is -2.32. The highest BCUT2D eigenvalue weighted by molar-refractivity contribution is 5.93. The Labute approximate surface area is 138 Å². The molecule has 1 unspecified atom stereocenters. The topological polar surface area (TPSA) is 52.7 Å². The van der Waals surface area contributed by atoms with Crippen molar-refractivity contribution in [2.24, 2.45) is 5.92 Å². The predicted molar refractivity (Wildman–Crippen MR) is 84.8 cm³/mol. The van der Waals surface area contributed by atoms with Crippen LogP contribution in [0.2, 0.25) is 0 Å². The minimum absolute atomic E-state index is 0.0274. The Bertz CT molecular complexity index is 600. The van der Waals surface area contributed by atoms with Crippen LogP contribution in [-0.2, 0) is 9.59 Å². The number of nitrogens with one attached hydrogen (secondary N) is 1. The van der Waals surface area contributed by atoms with E-state index in [1.165, 1.54) is 0 Å². The average Bonchev–Trinajstić information content (AvgIpc) is 2.54. The molecule has 8 heteroatoms. The summed E-state index contributed by atoms with van der Waals surface area (Å²) in [7, 11) is 3.78. The van der Waals surface area contributed by atoms with Gasteiger partial charge in [0.05, 0.1) is 5.92 Å².